The molecule has 0 radical (unpaired) electrons. The molecule has 11 aromatic rings. The highest BCUT2D eigenvalue weighted by Gasteiger charge is 2.57. The van der Waals surface area contributed by atoms with Gasteiger partial charge in [-0.1, -0.05) is 158 Å². The third-order valence-electron chi connectivity index (χ3n) is 19.6. The third kappa shape index (κ3) is 20.4. The van der Waals surface area contributed by atoms with Gasteiger partial charge >= 0.3 is 24.1 Å². The molecule has 6 aromatic heterocycles. The predicted molar refractivity (Wildman–Crippen MR) is 426 cm³/mol. The number of hydrogen-bond acceptors (Lipinski definition) is 31. The summed E-state index contributed by atoms with van der Waals surface area (Å²) in [5, 5.41) is 24.7. The fourth-order valence-corrected chi connectivity index (χ4v) is 17.3. The number of benzene rings is 5. The van der Waals surface area contributed by atoms with Gasteiger partial charge in [-0.2, -0.15) is 0 Å². The van der Waals surface area contributed by atoms with Crippen LogP contribution in [0, 0.1) is 0 Å². The minimum Gasteiger partial charge on any atom is -0.778 e. The minimum atomic E-state index is -4.67. The lowest BCUT2D eigenvalue weighted by Gasteiger charge is -2.26. The van der Waals surface area contributed by atoms with Gasteiger partial charge in [0, 0.05) is 43.1 Å². The molecule has 6 aliphatic rings. The number of carboxylic acid groups (broad SMARTS) is 1. The zero-order valence-electron chi connectivity index (χ0n) is 65.2. The molecule has 6 aliphatic heterocycles. The van der Waals surface area contributed by atoms with Gasteiger partial charge < -0.3 is 106 Å². The van der Waals surface area contributed by atoms with Gasteiger partial charge in [-0.3, -0.25) is 34.4 Å². The molecule has 17 rings (SSSR count). The van der Waals surface area contributed by atoms with Crippen LogP contribution < -0.4 is 46.6 Å². The van der Waals surface area contributed by atoms with Crippen molar-refractivity contribution in [3.05, 3.63) is 224 Å². The van der Waals surface area contributed by atoms with E-state index in [0.29, 0.717) is 64.3 Å². The number of hydrogen-bond donors (Lipinski definition) is 7. The Labute approximate surface area is 694 Å². The van der Waals surface area contributed by atoms with E-state index < -0.39 is 152 Å². The Kier molecular flexibility index (Phi) is 27.1. The number of fused-ring (bicyclic) bond motifs is 6. The number of rotatable bonds is 28. The highest BCUT2D eigenvalue weighted by molar-refractivity contribution is 7.52. The SMILES string of the molecule is CCNC(=O)Nc1ncnc2c1ncn2[C@@H]1O[C@H](COP(=O)([O-])CC(=O)O)C2O[C@H](c3ccccc3)O[C@@H]21.CCNC(=O)Nc1ncnc2c1ncn2[C@@H]1O[C@H](COP(=O)([O-])Cc2ccccc2)C2O[C@@H](c3ccccc3)O[C@@H]21.CCNC(=O)Nc1ncnc2c1ncn2[C@@H]1O[C@H](COP(=O)([O-])Cc2ccccc2)C2O[C@H](/C=C/c3ccccc3)O[C@@H]21. The van der Waals surface area contributed by atoms with Gasteiger partial charge in [0.05, 0.1) is 38.8 Å². The van der Waals surface area contributed by atoms with Crippen molar-refractivity contribution in [1.82, 2.24) is 74.5 Å². The highest BCUT2D eigenvalue weighted by atomic mass is 31.2. The van der Waals surface area contributed by atoms with Crippen molar-refractivity contribution in [2.75, 3.05) is 61.6 Å². The van der Waals surface area contributed by atoms with Crippen molar-refractivity contribution in [3.8, 4) is 0 Å². The van der Waals surface area contributed by atoms with Crippen LogP contribution in [0.15, 0.2) is 196 Å². The number of nitrogens with zero attached hydrogens (tertiary/aromatic N) is 12. The maximum atomic E-state index is 12.8. The van der Waals surface area contributed by atoms with E-state index in [1.807, 2.05) is 109 Å². The Hall–Kier alpha value is -11.1. The summed E-state index contributed by atoms with van der Waals surface area (Å²) >= 11 is 0. The summed E-state index contributed by atoms with van der Waals surface area (Å²) in [6.07, 6.45) is -0.799. The van der Waals surface area contributed by atoms with E-state index in [-0.39, 0.29) is 43.0 Å². The Bertz CT molecular complexity index is 5650. The third-order valence-corrected chi connectivity index (χ3v) is 23.4. The first-order valence-electron chi connectivity index (χ1n) is 38.6. The molecule has 7 N–H and O–H groups in total. The molecule has 0 spiro atoms. The van der Waals surface area contributed by atoms with E-state index >= 15 is 0 Å². The number of aliphatic carboxylic acids is 1. The Morgan fingerprint density at radius 2 is 0.738 bits per heavy atom. The molecule has 44 heteroatoms. The van der Waals surface area contributed by atoms with E-state index in [0.717, 1.165) is 16.7 Å². The van der Waals surface area contributed by atoms with Crippen LogP contribution in [0.25, 0.3) is 39.6 Å². The molecule has 5 aromatic carbocycles. The minimum absolute atomic E-state index is 0.181. The normalized spacial score (nSPS) is 25.2. The highest BCUT2D eigenvalue weighted by Crippen LogP contribution is 2.51. The molecule has 18 atom stereocenters. The number of carbonyl (C=O) groups excluding carboxylic acids is 3. The maximum absolute atomic E-state index is 12.8. The number of anilines is 3. The van der Waals surface area contributed by atoms with Crippen molar-refractivity contribution >= 4 is 104 Å². The molecular weight excluding hydrogens is 1650 g/mol. The Balaban J connectivity index is 0.000000142. The van der Waals surface area contributed by atoms with Crippen LogP contribution in [0.2, 0.25) is 0 Å². The zero-order valence-corrected chi connectivity index (χ0v) is 67.9. The summed E-state index contributed by atoms with van der Waals surface area (Å²) in [5.74, 6) is -0.892. The van der Waals surface area contributed by atoms with Crippen molar-refractivity contribution in [2.45, 2.75) is 126 Å². The number of aromatic nitrogens is 12. The van der Waals surface area contributed by atoms with Gasteiger partial charge in [0.1, 0.15) is 103 Å². The van der Waals surface area contributed by atoms with Crippen molar-refractivity contribution in [1.29, 1.82) is 0 Å². The number of carbonyl (C=O) groups is 4. The average Bonchev–Trinajstić information content (AvgIpc) is 1.19. The van der Waals surface area contributed by atoms with Gasteiger partial charge in [0.25, 0.3) is 0 Å². The quantitative estimate of drug-likeness (QED) is 0.0232. The van der Waals surface area contributed by atoms with Crippen molar-refractivity contribution in [2.24, 2.45) is 0 Å². The van der Waals surface area contributed by atoms with Crippen molar-refractivity contribution < 1.29 is 109 Å². The summed E-state index contributed by atoms with van der Waals surface area (Å²) in [6, 6.07) is 44.6. The first-order chi connectivity index (χ1) is 59.1. The first-order valence-corrected chi connectivity index (χ1v) is 43.8. The van der Waals surface area contributed by atoms with E-state index in [2.05, 4.69) is 76.8 Å². The molecule has 6 amide bonds. The van der Waals surface area contributed by atoms with E-state index in [1.54, 1.807) is 89.1 Å². The summed E-state index contributed by atoms with van der Waals surface area (Å²) in [4.78, 5) is 123. The van der Waals surface area contributed by atoms with Crippen molar-refractivity contribution in [3.63, 3.8) is 0 Å². The Morgan fingerprint density at radius 3 is 1.10 bits per heavy atom. The second-order valence-electron chi connectivity index (χ2n) is 28.1. The average molecular weight is 1730 g/mol. The van der Waals surface area contributed by atoms with Gasteiger partial charge in [-0.05, 0) is 43.5 Å². The van der Waals surface area contributed by atoms with Crippen LogP contribution in [-0.2, 0) is 87.0 Å². The van der Waals surface area contributed by atoms with Crippen LogP contribution in [-0.4, -0.2) is 195 Å². The molecule has 0 saturated carbocycles. The van der Waals surface area contributed by atoms with Crippen LogP contribution in [0.1, 0.15) is 79.9 Å². The number of imidazole rings is 3. The van der Waals surface area contributed by atoms with E-state index in [4.69, 9.17) is 61.3 Å². The molecular formula is C78H82N18O23P3-3. The fourth-order valence-electron chi connectivity index (χ4n) is 14.3. The molecule has 0 bridgehead atoms. The van der Waals surface area contributed by atoms with Gasteiger partial charge in [-0.25, -0.2) is 59.2 Å². The van der Waals surface area contributed by atoms with E-state index in [9.17, 15) is 47.6 Å². The lowest BCUT2D eigenvalue weighted by Crippen LogP contribution is -2.32. The number of ether oxygens (including phenoxy) is 9. The van der Waals surface area contributed by atoms with Crippen LogP contribution in [0.3, 0.4) is 0 Å². The van der Waals surface area contributed by atoms with Gasteiger partial charge in [0.2, 0.25) is 0 Å². The molecule has 6 unspecified atom stereocenters. The second kappa shape index (κ2) is 38.5. The molecule has 122 heavy (non-hydrogen) atoms. The lowest BCUT2D eigenvalue weighted by molar-refractivity contribution is -0.206. The number of carboxylic acids is 1. The van der Waals surface area contributed by atoms with Gasteiger partial charge in [-0.15, -0.1) is 0 Å². The topological polar surface area (TPSA) is 523 Å². The number of nitrogens with one attached hydrogen (secondary N) is 6. The van der Waals surface area contributed by atoms with Crippen LogP contribution >= 0.6 is 22.8 Å². The monoisotopic (exact) mass is 1730 g/mol. The lowest BCUT2D eigenvalue weighted by atomic mass is 10.1. The van der Waals surface area contributed by atoms with Crippen LogP contribution in [0.4, 0.5) is 31.8 Å². The second-order valence-corrected chi connectivity index (χ2v) is 33.5. The molecule has 0 aliphatic carbocycles. The molecule has 640 valence electrons. The Morgan fingerprint density at radius 1 is 0.418 bits per heavy atom. The number of urea groups is 3. The summed E-state index contributed by atoms with van der Waals surface area (Å²) in [5.41, 5.74) is 5.86. The molecule has 12 heterocycles. The fraction of sp³-hybridized carbons (Fsp3) is 0.346. The first kappa shape index (κ1) is 85.8. The summed E-state index contributed by atoms with van der Waals surface area (Å²) in [6.45, 7) is 5.67. The van der Waals surface area contributed by atoms with Gasteiger partial charge in [0.15, 0.2) is 88.5 Å². The smallest absolute Gasteiger partial charge is 0.320 e. The molecule has 6 saturated heterocycles. The van der Waals surface area contributed by atoms with Crippen LogP contribution in [0.5, 0.6) is 0 Å². The van der Waals surface area contributed by atoms with E-state index in [1.165, 1.54) is 38.0 Å². The largest absolute Gasteiger partial charge is 0.778 e. The summed E-state index contributed by atoms with van der Waals surface area (Å²) in [7, 11) is -13.1. The predicted octanol–water partition coefficient (Wildman–Crippen LogP) is 7.58. The zero-order chi connectivity index (χ0) is 85.1. The standard InChI is InChI=1S/C29H31N6O7P.C27H29N6O7P.C22H25N6O9P/c1-2-30-29(36)34-26-23-27(32-17-31-26)35(18-33-23)28-25-24(41-22(42-25)14-13-19-9-5-3-6-10-19)21(40-28)15-39-43(37,38)16-20-11-7-4-8-12-20;1-2-28-27(34)32-23-20-24(30-15-29-23)33(16-31-20)25-22-21(39-26(40-22)18-11-7-4-8-12-18)19(38-25)13-37-41(35,36)14-17-9-5-3-6-10-17;1-2-23-22(31)27-18-15-19(25-10-24-18)28(11-26-15)20-17-16(36-21(37-17)12-6-4-3-5-7-12)13(35-20)8-34-38(32,33)9-14(29)30/h3-14,17-18,21-22,24-25,28H,2,15-16H2,1H3,(H,37,38)(H2,30,31,32,34,36);3-12,15-16,19,21-22,25-26H,2,13-14H2,1H3,(H,35,36)(H2,28,29,30,32,34);3-7,10-11,13,16-17,20-21H,2,8-9H2,1H3,(H,29,30)(H,32,33)(H2,23,24,25,27,31)/p-3/b14-13+;;/t21-,22+,24?,25+,28-;19-,21?,22+,25-,26-;13-,16?,17+,20-,21+/m111/s1. The maximum Gasteiger partial charge on any atom is 0.320 e. The number of amides is 6. The molecule has 6 fully saturated rings. The summed E-state index contributed by atoms with van der Waals surface area (Å²) < 4.78 is 114. The molecule has 41 nitrogen and oxygen atoms in total.